The predicted molar refractivity (Wildman–Crippen MR) is 217 cm³/mol. The maximum absolute atomic E-state index is 12.7. The number of carbonyl (C=O) groups excluding carboxylic acids is 3. The number of esters is 1. The number of hydrogen-bond donors (Lipinski definition) is 4. The number of rotatable bonds is 36. The van der Waals surface area contributed by atoms with E-state index in [1.807, 2.05) is 6.08 Å². The zero-order valence-electron chi connectivity index (χ0n) is 33.2. The second kappa shape index (κ2) is 38.3. The minimum Gasteiger partial charge on any atom is -0.480 e. The van der Waals surface area contributed by atoms with Crippen LogP contribution in [-0.4, -0.2) is 59.3 Å². The lowest BCUT2D eigenvalue weighted by atomic mass is 10.1. The van der Waals surface area contributed by atoms with Gasteiger partial charge in [0.15, 0.2) is 0 Å². The van der Waals surface area contributed by atoms with Gasteiger partial charge in [-0.15, -0.1) is 0 Å². The van der Waals surface area contributed by atoms with Crippen molar-refractivity contribution in [1.29, 1.82) is 0 Å². The van der Waals surface area contributed by atoms with Gasteiger partial charge in [0, 0.05) is 12.8 Å². The Hall–Kier alpha value is -3.46. The van der Waals surface area contributed by atoms with E-state index in [1.165, 1.54) is 51.4 Å². The smallest absolute Gasteiger partial charge is 0.328 e. The zero-order valence-corrected chi connectivity index (χ0v) is 33.2. The Morgan fingerprint density at radius 2 is 1.09 bits per heavy atom. The molecule has 2 atom stereocenters. The molecule has 0 fully saturated rings. The standard InChI is InChI=1S/C44H74N2O7/c1-3-5-7-9-11-13-15-16-17-19-21-23-28-32-36-43(50)53-39(33-29-25-22-20-18-14-12-10-8-6-4-2)34-30-26-24-27-31-35-41(48)45-37-42(49)46-40(38-47)44(51)52/h9,11-12,14-16,20,22,29,33,39-40,47H,3-8,10,13,17-19,21,23-28,30-32,34-38H2,1-2H3,(H,45,48)(H,46,49)(H,51,52)/b11-9-,14-12-,16-15-,22-20-,33-29-. The fraction of sp³-hybridized carbons (Fsp3) is 0.682. The first-order valence-electron chi connectivity index (χ1n) is 20.7. The molecule has 2 amide bonds. The van der Waals surface area contributed by atoms with Gasteiger partial charge < -0.3 is 25.6 Å². The third kappa shape index (κ3) is 35.3. The number of hydrogen-bond acceptors (Lipinski definition) is 6. The third-order valence-corrected chi connectivity index (χ3v) is 8.72. The lowest BCUT2D eigenvalue weighted by molar-refractivity contribution is -0.147. The van der Waals surface area contributed by atoms with Gasteiger partial charge in [0.05, 0.1) is 13.2 Å². The molecule has 0 radical (unpaired) electrons. The van der Waals surface area contributed by atoms with Crippen LogP contribution in [0.5, 0.6) is 0 Å². The molecule has 0 rings (SSSR count). The van der Waals surface area contributed by atoms with Crippen LogP contribution >= 0.6 is 0 Å². The van der Waals surface area contributed by atoms with Crippen molar-refractivity contribution in [3.05, 3.63) is 60.8 Å². The summed E-state index contributed by atoms with van der Waals surface area (Å²) < 4.78 is 5.90. The summed E-state index contributed by atoms with van der Waals surface area (Å²) in [5, 5.41) is 22.5. The van der Waals surface area contributed by atoms with Gasteiger partial charge in [0.1, 0.15) is 12.1 Å². The van der Waals surface area contributed by atoms with Gasteiger partial charge in [0.25, 0.3) is 0 Å². The number of aliphatic hydroxyl groups is 1. The SMILES string of the molecule is CCCC/C=C\C/C=C\CCCCCCCC(=O)OC(/C=C\C/C=C\C/C=C\CCCCC)CCCCCCCC(=O)NCC(=O)NC(CO)C(=O)O. The maximum Gasteiger partial charge on any atom is 0.328 e. The molecule has 53 heavy (non-hydrogen) atoms. The van der Waals surface area contributed by atoms with Crippen LogP contribution in [0.3, 0.4) is 0 Å². The molecule has 0 aromatic heterocycles. The number of allylic oxidation sites excluding steroid dienone is 9. The van der Waals surface area contributed by atoms with E-state index in [4.69, 9.17) is 14.9 Å². The summed E-state index contributed by atoms with van der Waals surface area (Å²) in [6, 6.07) is -1.39. The number of aliphatic hydroxyl groups excluding tert-OH is 1. The Labute approximate surface area is 321 Å². The number of nitrogens with one attached hydrogen (secondary N) is 2. The first-order valence-corrected chi connectivity index (χ1v) is 20.7. The van der Waals surface area contributed by atoms with E-state index in [0.717, 1.165) is 83.5 Å². The molecule has 0 aromatic carbocycles. The fourth-order valence-electron chi connectivity index (χ4n) is 5.48. The van der Waals surface area contributed by atoms with Crippen LogP contribution in [0.25, 0.3) is 0 Å². The Morgan fingerprint density at radius 1 is 0.585 bits per heavy atom. The molecule has 0 aliphatic rings. The van der Waals surface area contributed by atoms with Gasteiger partial charge in [-0.3, -0.25) is 14.4 Å². The Kier molecular flexibility index (Phi) is 35.8. The number of amides is 2. The molecule has 0 spiro atoms. The average Bonchev–Trinajstić information content (AvgIpc) is 3.14. The van der Waals surface area contributed by atoms with E-state index >= 15 is 0 Å². The molecular weight excluding hydrogens is 668 g/mol. The van der Waals surface area contributed by atoms with Gasteiger partial charge in [0.2, 0.25) is 11.8 Å². The Balaban J connectivity index is 4.46. The first-order chi connectivity index (χ1) is 25.8. The lowest BCUT2D eigenvalue weighted by Crippen LogP contribution is -2.47. The molecular formula is C44H74N2O7. The highest BCUT2D eigenvalue weighted by Gasteiger charge is 2.18. The number of unbranched alkanes of at least 4 members (excludes halogenated alkanes) is 14. The number of aliphatic carboxylic acids is 1. The molecule has 0 bridgehead atoms. The van der Waals surface area contributed by atoms with Crippen molar-refractivity contribution in [1.82, 2.24) is 10.6 Å². The summed E-state index contributed by atoms with van der Waals surface area (Å²) in [6.45, 7) is 3.38. The van der Waals surface area contributed by atoms with Gasteiger partial charge in [-0.05, 0) is 83.1 Å². The van der Waals surface area contributed by atoms with Crippen molar-refractivity contribution in [2.75, 3.05) is 13.2 Å². The molecule has 0 saturated carbocycles. The minimum atomic E-state index is -1.39. The molecule has 0 saturated heterocycles. The van der Waals surface area contributed by atoms with Crippen LogP contribution in [-0.2, 0) is 23.9 Å². The average molecular weight is 743 g/mol. The molecule has 0 aliphatic carbocycles. The number of carbonyl (C=O) groups is 4. The van der Waals surface area contributed by atoms with Crippen LogP contribution in [0, 0.1) is 0 Å². The second-order valence-corrected chi connectivity index (χ2v) is 13.7. The van der Waals surface area contributed by atoms with Crippen molar-refractivity contribution in [2.45, 2.75) is 180 Å². The summed E-state index contributed by atoms with van der Waals surface area (Å²) in [5.74, 6) is -2.41. The van der Waals surface area contributed by atoms with Crippen molar-refractivity contribution in [3.8, 4) is 0 Å². The van der Waals surface area contributed by atoms with E-state index in [-0.39, 0.29) is 30.9 Å². The predicted octanol–water partition coefficient (Wildman–Crippen LogP) is 9.76. The minimum absolute atomic E-state index is 0.132. The number of carboxylic acids is 1. The summed E-state index contributed by atoms with van der Waals surface area (Å²) in [6.07, 6.45) is 45.4. The van der Waals surface area contributed by atoms with Crippen LogP contribution in [0.2, 0.25) is 0 Å². The number of carboxylic acid groups (broad SMARTS) is 1. The molecule has 0 heterocycles. The molecule has 9 heteroatoms. The highest BCUT2D eigenvalue weighted by Crippen LogP contribution is 2.15. The highest BCUT2D eigenvalue weighted by molar-refractivity contribution is 5.87. The van der Waals surface area contributed by atoms with Crippen molar-refractivity contribution < 1.29 is 34.1 Å². The topological polar surface area (TPSA) is 142 Å². The van der Waals surface area contributed by atoms with Crippen LogP contribution in [0.1, 0.15) is 168 Å². The van der Waals surface area contributed by atoms with E-state index in [9.17, 15) is 19.2 Å². The largest absolute Gasteiger partial charge is 0.480 e. The lowest BCUT2D eigenvalue weighted by Gasteiger charge is -2.15. The molecule has 9 nitrogen and oxygen atoms in total. The highest BCUT2D eigenvalue weighted by atomic mass is 16.5. The zero-order chi connectivity index (χ0) is 39.0. The third-order valence-electron chi connectivity index (χ3n) is 8.72. The van der Waals surface area contributed by atoms with E-state index in [2.05, 4.69) is 79.2 Å². The normalized spacial score (nSPS) is 13.1. The Morgan fingerprint density at radius 3 is 1.70 bits per heavy atom. The quantitative estimate of drug-likeness (QED) is 0.0284. The van der Waals surface area contributed by atoms with E-state index in [0.29, 0.717) is 12.8 Å². The number of ether oxygens (including phenoxy) is 1. The van der Waals surface area contributed by atoms with Crippen LogP contribution in [0.15, 0.2) is 60.8 Å². The molecule has 2 unspecified atom stereocenters. The van der Waals surface area contributed by atoms with E-state index < -0.39 is 24.5 Å². The molecule has 302 valence electrons. The monoisotopic (exact) mass is 743 g/mol. The van der Waals surface area contributed by atoms with Crippen LogP contribution in [0.4, 0.5) is 0 Å². The summed E-state index contributed by atoms with van der Waals surface area (Å²) in [5.41, 5.74) is 0. The Bertz CT molecular complexity index is 1080. The van der Waals surface area contributed by atoms with Crippen LogP contribution < -0.4 is 10.6 Å². The van der Waals surface area contributed by atoms with Gasteiger partial charge >= 0.3 is 11.9 Å². The van der Waals surface area contributed by atoms with E-state index in [1.54, 1.807) is 0 Å². The summed E-state index contributed by atoms with van der Waals surface area (Å²) in [7, 11) is 0. The fourth-order valence-corrected chi connectivity index (χ4v) is 5.48. The van der Waals surface area contributed by atoms with Crippen molar-refractivity contribution in [2.24, 2.45) is 0 Å². The van der Waals surface area contributed by atoms with Gasteiger partial charge in [-0.25, -0.2) is 4.79 Å². The van der Waals surface area contributed by atoms with Crippen molar-refractivity contribution >= 4 is 23.8 Å². The summed E-state index contributed by atoms with van der Waals surface area (Å²) in [4.78, 5) is 47.4. The molecule has 4 N–H and O–H groups in total. The summed E-state index contributed by atoms with van der Waals surface area (Å²) >= 11 is 0. The maximum atomic E-state index is 12.7. The van der Waals surface area contributed by atoms with Crippen molar-refractivity contribution in [3.63, 3.8) is 0 Å². The first kappa shape index (κ1) is 49.5. The molecule has 0 aromatic rings. The second-order valence-electron chi connectivity index (χ2n) is 13.7. The van der Waals surface area contributed by atoms with Gasteiger partial charge in [-0.1, -0.05) is 133 Å². The van der Waals surface area contributed by atoms with Gasteiger partial charge in [-0.2, -0.15) is 0 Å². The molecule has 0 aliphatic heterocycles.